The molecule has 1 amide bonds. The van der Waals surface area contributed by atoms with Crippen LogP contribution in [0.2, 0.25) is 5.02 Å². The van der Waals surface area contributed by atoms with Gasteiger partial charge in [0, 0.05) is 23.2 Å². The number of hydrogen-bond donors (Lipinski definition) is 0. The van der Waals surface area contributed by atoms with Crippen molar-refractivity contribution in [1.29, 1.82) is 0 Å². The van der Waals surface area contributed by atoms with Gasteiger partial charge < -0.3 is 4.90 Å². The second-order valence-corrected chi connectivity index (χ2v) is 8.58. The SMILES string of the molecule is CC(C)CN(C(=O)c1ccc(Cl)cc1)[C@@H]1CCS(=O)(=O)C1. The van der Waals surface area contributed by atoms with E-state index in [0.717, 1.165) is 0 Å². The van der Waals surface area contributed by atoms with Gasteiger partial charge in [0.1, 0.15) is 0 Å². The predicted octanol–water partition coefficient (Wildman–Crippen LogP) is 2.63. The Labute approximate surface area is 131 Å². The van der Waals surface area contributed by atoms with Crippen LogP contribution in [0.4, 0.5) is 0 Å². The minimum atomic E-state index is -3.01. The normalized spacial score (nSPS) is 20.7. The van der Waals surface area contributed by atoms with Crippen LogP contribution in [0, 0.1) is 5.92 Å². The highest BCUT2D eigenvalue weighted by atomic mass is 35.5. The lowest BCUT2D eigenvalue weighted by Crippen LogP contribution is -2.43. The number of nitrogens with zero attached hydrogens (tertiary/aromatic N) is 1. The first-order valence-electron chi connectivity index (χ1n) is 7.05. The third-order valence-electron chi connectivity index (χ3n) is 3.56. The number of halogens is 1. The van der Waals surface area contributed by atoms with Crippen LogP contribution >= 0.6 is 11.6 Å². The van der Waals surface area contributed by atoms with Gasteiger partial charge in [-0.15, -0.1) is 0 Å². The molecule has 0 aromatic heterocycles. The summed E-state index contributed by atoms with van der Waals surface area (Å²) < 4.78 is 23.4. The minimum Gasteiger partial charge on any atom is -0.334 e. The van der Waals surface area contributed by atoms with Gasteiger partial charge in [-0.3, -0.25) is 4.79 Å². The highest BCUT2D eigenvalue weighted by Crippen LogP contribution is 2.22. The molecule has 0 bridgehead atoms. The lowest BCUT2D eigenvalue weighted by Gasteiger charge is -2.30. The number of hydrogen-bond acceptors (Lipinski definition) is 3. The summed E-state index contributed by atoms with van der Waals surface area (Å²) in [4.78, 5) is 14.4. The van der Waals surface area contributed by atoms with Crippen LogP contribution in [0.15, 0.2) is 24.3 Å². The van der Waals surface area contributed by atoms with Gasteiger partial charge in [0.2, 0.25) is 0 Å². The van der Waals surface area contributed by atoms with E-state index in [1.54, 1.807) is 29.2 Å². The van der Waals surface area contributed by atoms with Gasteiger partial charge in [-0.1, -0.05) is 25.4 Å². The molecule has 0 spiro atoms. The van der Waals surface area contributed by atoms with E-state index < -0.39 is 9.84 Å². The molecule has 6 heteroatoms. The van der Waals surface area contributed by atoms with E-state index in [4.69, 9.17) is 11.6 Å². The average Bonchev–Trinajstić information content (AvgIpc) is 2.76. The average molecular weight is 330 g/mol. The molecule has 1 atom stereocenters. The van der Waals surface area contributed by atoms with Crippen molar-refractivity contribution in [2.45, 2.75) is 26.3 Å². The van der Waals surface area contributed by atoms with Crippen molar-refractivity contribution >= 4 is 27.3 Å². The standard InChI is InChI=1S/C15H20ClNO3S/c1-11(2)9-17(14-7-8-21(19,20)10-14)15(18)12-3-5-13(16)6-4-12/h3-6,11,14H,7-10H2,1-2H3/t14-/m1/s1. The molecule has 1 heterocycles. The zero-order valence-corrected chi connectivity index (χ0v) is 13.8. The Balaban J connectivity index is 2.23. The zero-order valence-electron chi connectivity index (χ0n) is 12.3. The summed E-state index contributed by atoms with van der Waals surface area (Å²) >= 11 is 5.84. The van der Waals surface area contributed by atoms with E-state index in [2.05, 4.69) is 0 Å². The van der Waals surface area contributed by atoms with Gasteiger partial charge in [-0.05, 0) is 36.6 Å². The first-order valence-corrected chi connectivity index (χ1v) is 9.25. The molecule has 4 nitrogen and oxygen atoms in total. The third-order valence-corrected chi connectivity index (χ3v) is 5.57. The molecule has 1 aromatic rings. The van der Waals surface area contributed by atoms with Crippen LogP contribution in [0.5, 0.6) is 0 Å². The molecule has 21 heavy (non-hydrogen) atoms. The third kappa shape index (κ3) is 4.20. The van der Waals surface area contributed by atoms with E-state index in [0.29, 0.717) is 23.6 Å². The maximum Gasteiger partial charge on any atom is 0.254 e. The lowest BCUT2D eigenvalue weighted by atomic mass is 10.1. The van der Waals surface area contributed by atoms with Crippen molar-refractivity contribution in [3.8, 4) is 0 Å². The van der Waals surface area contributed by atoms with Gasteiger partial charge in [-0.25, -0.2) is 8.42 Å². The summed E-state index contributed by atoms with van der Waals surface area (Å²) in [5.74, 6) is 0.395. The molecule has 1 aliphatic heterocycles. The van der Waals surface area contributed by atoms with Crippen molar-refractivity contribution in [3.63, 3.8) is 0 Å². The molecule has 1 saturated heterocycles. The number of rotatable bonds is 4. The van der Waals surface area contributed by atoms with Gasteiger partial charge in [0.25, 0.3) is 5.91 Å². The highest BCUT2D eigenvalue weighted by molar-refractivity contribution is 7.91. The summed E-state index contributed by atoms with van der Waals surface area (Å²) in [5, 5.41) is 0.574. The van der Waals surface area contributed by atoms with Gasteiger partial charge in [0.05, 0.1) is 11.5 Å². The second kappa shape index (κ2) is 6.36. The molecule has 0 radical (unpaired) electrons. The second-order valence-electron chi connectivity index (χ2n) is 5.92. The fourth-order valence-electron chi connectivity index (χ4n) is 2.57. The first-order chi connectivity index (χ1) is 9.78. The molecule has 2 rings (SSSR count). The van der Waals surface area contributed by atoms with Crippen LogP contribution in [0.3, 0.4) is 0 Å². The molecule has 1 aromatic carbocycles. The predicted molar refractivity (Wildman–Crippen MR) is 84.4 cm³/mol. The maximum absolute atomic E-state index is 12.7. The quantitative estimate of drug-likeness (QED) is 0.853. The number of carbonyl (C=O) groups excluding carboxylic acids is 1. The number of amides is 1. The minimum absolute atomic E-state index is 0.0685. The Kier molecular flexibility index (Phi) is 4.94. The van der Waals surface area contributed by atoms with Gasteiger partial charge in [0.15, 0.2) is 9.84 Å². The van der Waals surface area contributed by atoms with Crippen molar-refractivity contribution in [1.82, 2.24) is 4.90 Å². The first kappa shape index (κ1) is 16.3. The largest absolute Gasteiger partial charge is 0.334 e. The van der Waals surface area contributed by atoms with Crippen molar-refractivity contribution < 1.29 is 13.2 Å². The van der Waals surface area contributed by atoms with Gasteiger partial charge >= 0.3 is 0 Å². The summed E-state index contributed by atoms with van der Waals surface area (Å²) in [6, 6.07) is 6.49. The molecule has 0 unspecified atom stereocenters. The van der Waals surface area contributed by atoms with E-state index in [1.807, 2.05) is 13.8 Å². The van der Waals surface area contributed by atoms with Gasteiger partial charge in [-0.2, -0.15) is 0 Å². The number of sulfone groups is 1. The smallest absolute Gasteiger partial charge is 0.254 e. The van der Waals surface area contributed by atoms with Crippen molar-refractivity contribution in [3.05, 3.63) is 34.9 Å². The van der Waals surface area contributed by atoms with Crippen LogP contribution in [-0.4, -0.2) is 43.3 Å². The fourth-order valence-corrected chi connectivity index (χ4v) is 4.43. The molecule has 1 fully saturated rings. The van der Waals surface area contributed by atoms with E-state index in [1.165, 1.54) is 0 Å². The molecule has 0 N–H and O–H groups in total. The Morgan fingerprint density at radius 3 is 2.43 bits per heavy atom. The van der Waals surface area contributed by atoms with Crippen LogP contribution in [0.1, 0.15) is 30.6 Å². The van der Waals surface area contributed by atoms with Crippen molar-refractivity contribution in [2.24, 2.45) is 5.92 Å². The monoisotopic (exact) mass is 329 g/mol. The Morgan fingerprint density at radius 1 is 1.33 bits per heavy atom. The Bertz CT molecular complexity index is 610. The number of carbonyl (C=O) groups is 1. The summed E-state index contributed by atoms with van der Waals surface area (Å²) in [6.45, 7) is 4.60. The van der Waals surface area contributed by atoms with Crippen LogP contribution in [0.25, 0.3) is 0 Å². The fraction of sp³-hybridized carbons (Fsp3) is 0.533. The molecule has 1 aliphatic rings. The van der Waals surface area contributed by atoms with E-state index in [-0.39, 0.29) is 29.4 Å². The maximum atomic E-state index is 12.7. The molecule has 0 aliphatic carbocycles. The number of benzene rings is 1. The Morgan fingerprint density at radius 2 is 1.95 bits per heavy atom. The summed E-state index contributed by atoms with van der Waals surface area (Å²) in [5.41, 5.74) is 0.546. The molecule has 0 saturated carbocycles. The molecular formula is C15H20ClNO3S. The molecule has 116 valence electrons. The lowest BCUT2D eigenvalue weighted by molar-refractivity contribution is 0.0672. The zero-order chi connectivity index (χ0) is 15.6. The topological polar surface area (TPSA) is 54.5 Å². The van der Waals surface area contributed by atoms with E-state index in [9.17, 15) is 13.2 Å². The van der Waals surface area contributed by atoms with E-state index >= 15 is 0 Å². The summed E-state index contributed by atoms with van der Waals surface area (Å²) in [6.07, 6.45) is 0.522. The van der Waals surface area contributed by atoms with Crippen molar-refractivity contribution in [2.75, 3.05) is 18.1 Å². The van der Waals surface area contributed by atoms with Crippen LogP contribution in [-0.2, 0) is 9.84 Å². The highest BCUT2D eigenvalue weighted by Gasteiger charge is 2.35. The van der Waals surface area contributed by atoms with Crippen LogP contribution < -0.4 is 0 Å². The summed E-state index contributed by atoms with van der Waals surface area (Å²) in [7, 11) is -3.01. The molecular weight excluding hydrogens is 310 g/mol. The Hall–Kier alpha value is -1.07.